The fourth-order valence-corrected chi connectivity index (χ4v) is 4.97. The van der Waals surface area contributed by atoms with Crippen LogP contribution >= 0.6 is 0 Å². The van der Waals surface area contributed by atoms with Crippen LogP contribution in [0.3, 0.4) is 0 Å². The second-order valence-electron chi connectivity index (χ2n) is 9.79. The molecule has 0 saturated carbocycles. The monoisotopic (exact) mass is 466 g/mol. The number of aromatic nitrogens is 6. The van der Waals surface area contributed by atoms with Gasteiger partial charge < -0.3 is 9.47 Å². The molecule has 5 rings (SSSR count). The Morgan fingerprint density at radius 2 is 2.09 bits per heavy atom. The zero-order valence-electron chi connectivity index (χ0n) is 19.4. The third-order valence-electron chi connectivity index (χ3n) is 6.09. The Morgan fingerprint density at radius 1 is 1.21 bits per heavy atom. The van der Waals surface area contributed by atoms with Gasteiger partial charge in [-0.2, -0.15) is 5.10 Å². The van der Waals surface area contributed by atoms with Gasteiger partial charge in [0, 0.05) is 27.5 Å². The molecule has 0 spiro atoms. The van der Waals surface area contributed by atoms with E-state index in [0.717, 1.165) is 36.6 Å². The van der Waals surface area contributed by atoms with Gasteiger partial charge in [0.05, 0.1) is 36.1 Å². The summed E-state index contributed by atoms with van der Waals surface area (Å²) in [5.74, 6) is 0.547. The van der Waals surface area contributed by atoms with Crippen molar-refractivity contribution in [1.82, 2.24) is 28.7 Å². The van der Waals surface area contributed by atoms with Crippen molar-refractivity contribution in [3.05, 3.63) is 47.3 Å². The first-order valence-corrected chi connectivity index (χ1v) is 15.2. The quantitative estimate of drug-likeness (QED) is 0.306. The lowest BCUT2D eigenvalue weighted by Crippen LogP contribution is -2.32. The van der Waals surface area contributed by atoms with Crippen molar-refractivity contribution in [2.75, 3.05) is 19.8 Å². The molecule has 9 nitrogen and oxygen atoms in total. The molecule has 4 aromatic heterocycles. The van der Waals surface area contributed by atoms with Crippen molar-refractivity contribution in [3.63, 3.8) is 0 Å². The predicted molar refractivity (Wildman–Crippen MR) is 129 cm³/mol. The number of hydrogen-bond donors (Lipinski definition) is 0. The number of imidazole rings is 1. The van der Waals surface area contributed by atoms with Crippen molar-refractivity contribution in [1.29, 1.82) is 0 Å². The van der Waals surface area contributed by atoms with Crippen LogP contribution in [0.15, 0.2) is 41.6 Å². The van der Waals surface area contributed by atoms with Gasteiger partial charge in [-0.05, 0) is 31.0 Å². The van der Waals surface area contributed by atoms with E-state index in [4.69, 9.17) is 14.5 Å². The van der Waals surface area contributed by atoms with Crippen molar-refractivity contribution in [2.45, 2.75) is 51.3 Å². The van der Waals surface area contributed by atoms with Crippen LogP contribution in [0.2, 0.25) is 25.7 Å². The molecule has 1 aliphatic heterocycles. The van der Waals surface area contributed by atoms with Crippen LogP contribution in [0, 0.1) is 0 Å². The minimum absolute atomic E-state index is 0.0522. The molecule has 0 aliphatic carbocycles. The molecule has 0 amide bonds. The Morgan fingerprint density at radius 3 is 2.88 bits per heavy atom. The second-order valence-corrected chi connectivity index (χ2v) is 15.4. The van der Waals surface area contributed by atoms with E-state index in [1.807, 2.05) is 24.4 Å². The standard InChI is InChI=1S/C23H30N6O3Si/c1-33(2,3)12-11-32-16-27-20-14-24-21(18-13-25-28-9-5-4-8-19(18)28)26-22(20)29(23(27)30)17-7-6-10-31-15-17/h4-5,8-9,13-14,17H,6-7,10-12,15-16H2,1-3H3. The average molecular weight is 467 g/mol. The average Bonchev–Trinajstić information content (AvgIpc) is 3.35. The number of nitrogens with zero attached hydrogens (tertiary/aromatic N) is 6. The Labute approximate surface area is 193 Å². The molecular weight excluding hydrogens is 436 g/mol. The summed E-state index contributed by atoms with van der Waals surface area (Å²) in [6, 6.07) is 6.87. The molecule has 0 aromatic carbocycles. The van der Waals surface area contributed by atoms with Gasteiger partial charge >= 0.3 is 5.69 Å². The van der Waals surface area contributed by atoms with Crippen molar-refractivity contribution in [2.24, 2.45) is 0 Å². The summed E-state index contributed by atoms with van der Waals surface area (Å²) in [6.45, 7) is 9.01. The smallest absolute Gasteiger partial charge is 0.332 e. The van der Waals surface area contributed by atoms with E-state index < -0.39 is 8.07 Å². The largest absolute Gasteiger partial charge is 0.379 e. The van der Waals surface area contributed by atoms with Gasteiger partial charge in [0.25, 0.3) is 0 Å². The van der Waals surface area contributed by atoms with Crippen molar-refractivity contribution >= 4 is 24.8 Å². The summed E-state index contributed by atoms with van der Waals surface area (Å²) in [5.41, 5.74) is 2.92. The first-order valence-electron chi connectivity index (χ1n) is 11.5. The first-order chi connectivity index (χ1) is 15.9. The van der Waals surface area contributed by atoms with Crippen LogP contribution in [0.5, 0.6) is 0 Å². The van der Waals surface area contributed by atoms with Crippen LogP contribution in [0.25, 0.3) is 28.1 Å². The second kappa shape index (κ2) is 8.84. The highest BCUT2D eigenvalue weighted by molar-refractivity contribution is 6.76. The third-order valence-corrected chi connectivity index (χ3v) is 7.80. The van der Waals surface area contributed by atoms with E-state index in [2.05, 4.69) is 29.7 Å². The van der Waals surface area contributed by atoms with Crippen LogP contribution in [-0.4, -0.2) is 56.6 Å². The number of hydrogen-bond acceptors (Lipinski definition) is 6. The SMILES string of the molecule is C[Si](C)(C)CCOCn1c(=O)n(C2CCCOC2)c2nc(-c3cnn4ccccc34)ncc21. The summed E-state index contributed by atoms with van der Waals surface area (Å²) in [7, 11) is -1.21. The third kappa shape index (κ3) is 4.38. The molecule has 1 unspecified atom stereocenters. The summed E-state index contributed by atoms with van der Waals surface area (Å²) in [4.78, 5) is 23.0. The molecule has 5 heterocycles. The zero-order chi connectivity index (χ0) is 23.0. The molecule has 0 radical (unpaired) electrons. The molecule has 1 atom stereocenters. The van der Waals surface area contributed by atoms with E-state index in [1.54, 1.807) is 26.0 Å². The number of fused-ring (bicyclic) bond motifs is 2. The lowest BCUT2D eigenvalue weighted by molar-refractivity contribution is 0.0568. The number of pyridine rings is 1. The number of rotatable bonds is 7. The fraction of sp³-hybridized carbons (Fsp3) is 0.478. The highest BCUT2D eigenvalue weighted by Gasteiger charge is 2.25. The Bertz CT molecular complexity index is 1330. The fourth-order valence-electron chi connectivity index (χ4n) is 4.21. The van der Waals surface area contributed by atoms with Gasteiger partial charge in [-0.1, -0.05) is 25.7 Å². The minimum atomic E-state index is -1.21. The highest BCUT2D eigenvalue weighted by atomic mass is 28.3. The van der Waals surface area contributed by atoms with Crippen molar-refractivity contribution < 1.29 is 9.47 Å². The van der Waals surface area contributed by atoms with Crippen molar-refractivity contribution in [3.8, 4) is 11.4 Å². The Hall–Kier alpha value is -2.82. The van der Waals surface area contributed by atoms with E-state index >= 15 is 0 Å². The zero-order valence-corrected chi connectivity index (χ0v) is 20.4. The molecule has 0 N–H and O–H groups in total. The summed E-state index contributed by atoms with van der Waals surface area (Å²) in [6.07, 6.45) is 7.18. The topological polar surface area (TPSA) is 88.5 Å². The molecule has 4 aromatic rings. The summed E-state index contributed by atoms with van der Waals surface area (Å²) in [5, 5.41) is 4.41. The molecule has 1 saturated heterocycles. The Balaban J connectivity index is 1.56. The normalized spacial score (nSPS) is 17.2. The molecule has 1 aliphatic rings. The molecule has 33 heavy (non-hydrogen) atoms. The van der Waals surface area contributed by atoms with E-state index in [9.17, 15) is 4.79 Å². The highest BCUT2D eigenvalue weighted by Crippen LogP contribution is 2.26. The number of ether oxygens (including phenoxy) is 2. The maximum atomic E-state index is 13.5. The lowest BCUT2D eigenvalue weighted by Gasteiger charge is -2.22. The van der Waals surface area contributed by atoms with E-state index in [1.165, 1.54) is 0 Å². The molecule has 174 valence electrons. The van der Waals surface area contributed by atoms with Gasteiger partial charge in [0.1, 0.15) is 12.2 Å². The molecule has 10 heteroatoms. The van der Waals surface area contributed by atoms with E-state index in [-0.39, 0.29) is 18.5 Å². The minimum Gasteiger partial charge on any atom is -0.379 e. The molecule has 0 bridgehead atoms. The van der Waals surface area contributed by atoms with Crippen LogP contribution in [0.4, 0.5) is 0 Å². The van der Waals surface area contributed by atoms with Gasteiger partial charge in [-0.3, -0.25) is 9.13 Å². The summed E-state index contributed by atoms with van der Waals surface area (Å²) < 4.78 is 16.8. The molecular formula is C23H30N6O3Si. The predicted octanol–water partition coefficient (Wildman–Crippen LogP) is 3.57. The molecule has 1 fully saturated rings. The maximum absolute atomic E-state index is 13.5. The van der Waals surface area contributed by atoms with Gasteiger partial charge in [0.2, 0.25) is 0 Å². The summed E-state index contributed by atoms with van der Waals surface area (Å²) >= 11 is 0. The van der Waals surface area contributed by atoms with Crippen LogP contribution in [-0.2, 0) is 16.2 Å². The van der Waals surface area contributed by atoms with Gasteiger partial charge in [-0.25, -0.2) is 19.3 Å². The van der Waals surface area contributed by atoms with Crippen LogP contribution < -0.4 is 5.69 Å². The van der Waals surface area contributed by atoms with Gasteiger partial charge in [-0.15, -0.1) is 0 Å². The van der Waals surface area contributed by atoms with Gasteiger partial charge in [0.15, 0.2) is 11.5 Å². The van der Waals surface area contributed by atoms with E-state index in [0.29, 0.717) is 30.2 Å². The lowest BCUT2D eigenvalue weighted by atomic mass is 10.1. The Kier molecular flexibility index (Phi) is 5.89. The maximum Gasteiger partial charge on any atom is 0.332 e. The first kappa shape index (κ1) is 22.0. The van der Waals surface area contributed by atoms with Crippen LogP contribution in [0.1, 0.15) is 18.9 Å².